The topological polar surface area (TPSA) is 93.6 Å². The number of rotatable bonds is 6. The van der Waals surface area contributed by atoms with Gasteiger partial charge in [-0.25, -0.2) is 13.2 Å². The summed E-state index contributed by atoms with van der Waals surface area (Å²) in [4.78, 5) is 32.0. The summed E-state index contributed by atoms with van der Waals surface area (Å²) in [5.74, 6) is -0.807. The van der Waals surface area contributed by atoms with Gasteiger partial charge in [0.15, 0.2) is 15.9 Å². The Morgan fingerprint density at radius 1 is 1.23 bits per heavy atom. The summed E-state index contributed by atoms with van der Waals surface area (Å²) in [6.45, 7) is 7.67. The van der Waals surface area contributed by atoms with Gasteiger partial charge in [-0.2, -0.15) is 0 Å². The van der Waals surface area contributed by atoms with Crippen LogP contribution in [0.15, 0.2) is 30.3 Å². The highest BCUT2D eigenvalue weighted by Gasteiger charge is 2.36. The van der Waals surface area contributed by atoms with E-state index < -0.39 is 21.9 Å². The molecule has 1 saturated heterocycles. The maximum atomic E-state index is 13.0. The second kappa shape index (κ2) is 8.71. The van der Waals surface area contributed by atoms with Crippen LogP contribution in [0.5, 0.6) is 0 Å². The van der Waals surface area contributed by atoms with Gasteiger partial charge in [0, 0.05) is 23.7 Å². The van der Waals surface area contributed by atoms with E-state index in [4.69, 9.17) is 4.74 Å². The summed E-state index contributed by atoms with van der Waals surface area (Å²) in [6.07, 6.45) is -0.606. The van der Waals surface area contributed by atoms with Crippen molar-refractivity contribution < 1.29 is 22.7 Å². The van der Waals surface area contributed by atoms with Crippen LogP contribution in [0.25, 0.3) is 10.9 Å². The molecule has 0 radical (unpaired) electrons. The zero-order valence-corrected chi connectivity index (χ0v) is 18.6. The van der Waals surface area contributed by atoms with Crippen LogP contribution in [0.4, 0.5) is 0 Å². The van der Waals surface area contributed by atoms with Crippen molar-refractivity contribution in [3.8, 4) is 0 Å². The summed E-state index contributed by atoms with van der Waals surface area (Å²) in [7, 11) is -3.12. The fourth-order valence-corrected chi connectivity index (χ4v) is 5.51. The number of ether oxygens (including phenoxy) is 1. The van der Waals surface area contributed by atoms with Gasteiger partial charge >= 0.3 is 5.97 Å². The van der Waals surface area contributed by atoms with Crippen molar-refractivity contribution in [1.29, 1.82) is 0 Å². The average Bonchev–Trinajstić information content (AvgIpc) is 3.06. The fraction of sp³-hybridized carbons (Fsp3) is 0.500. The molecule has 3 rings (SSSR count). The van der Waals surface area contributed by atoms with Gasteiger partial charge in [-0.1, -0.05) is 32.0 Å². The number of fused-ring (bicyclic) bond motifs is 1. The fourth-order valence-electron chi connectivity index (χ4n) is 3.78. The normalized spacial score (nSPS) is 19.0. The molecule has 7 nitrogen and oxygen atoms in total. The maximum absolute atomic E-state index is 13.0. The number of nitrogens with zero attached hydrogens (tertiary/aromatic N) is 2. The highest BCUT2D eigenvalue weighted by Crippen LogP contribution is 2.24. The second-order valence-corrected chi connectivity index (χ2v) is 10.2. The lowest BCUT2D eigenvalue weighted by Crippen LogP contribution is -2.46. The first-order valence-corrected chi connectivity index (χ1v) is 12.1. The van der Waals surface area contributed by atoms with Gasteiger partial charge < -0.3 is 9.64 Å². The molecule has 1 aliphatic rings. The number of carbonyl (C=O) groups excluding carboxylic acids is 2. The van der Waals surface area contributed by atoms with Crippen molar-refractivity contribution in [2.24, 2.45) is 0 Å². The van der Waals surface area contributed by atoms with Crippen LogP contribution in [0.2, 0.25) is 0 Å². The lowest BCUT2D eigenvalue weighted by atomic mass is 10.0. The minimum absolute atomic E-state index is 0.0417. The van der Waals surface area contributed by atoms with E-state index in [1.165, 1.54) is 11.8 Å². The van der Waals surface area contributed by atoms with Gasteiger partial charge in [0.25, 0.3) is 5.91 Å². The van der Waals surface area contributed by atoms with Gasteiger partial charge in [-0.3, -0.25) is 9.78 Å². The number of benzene rings is 1. The first-order valence-electron chi connectivity index (χ1n) is 10.2. The molecule has 0 bridgehead atoms. The Morgan fingerprint density at radius 3 is 2.53 bits per heavy atom. The molecular weight excluding hydrogens is 404 g/mol. The molecule has 1 amide bonds. The van der Waals surface area contributed by atoms with Crippen molar-refractivity contribution >= 4 is 32.6 Å². The van der Waals surface area contributed by atoms with E-state index in [-0.39, 0.29) is 29.4 Å². The molecule has 162 valence electrons. The number of likely N-dealkylation sites (N-methyl/N-ethyl adjacent to an activating group) is 1. The minimum Gasteiger partial charge on any atom is -0.449 e. The maximum Gasteiger partial charge on any atom is 0.339 e. The van der Waals surface area contributed by atoms with Gasteiger partial charge in [0.2, 0.25) is 0 Å². The number of para-hydroxylation sites is 1. The predicted molar refractivity (Wildman–Crippen MR) is 115 cm³/mol. The first kappa shape index (κ1) is 22.2. The van der Waals surface area contributed by atoms with E-state index >= 15 is 0 Å². The lowest BCUT2D eigenvalue weighted by Gasteiger charge is -2.29. The third kappa shape index (κ3) is 4.64. The highest BCUT2D eigenvalue weighted by molar-refractivity contribution is 7.91. The Labute approximate surface area is 177 Å². The number of aromatic nitrogens is 1. The molecule has 8 heteroatoms. The molecule has 0 N–H and O–H groups in total. The van der Waals surface area contributed by atoms with Gasteiger partial charge in [0.05, 0.1) is 22.6 Å². The molecule has 2 unspecified atom stereocenters. The van der Waals surface area contributed by atoms with Gasteiger partial charge in [-0.05, 0) is 38.3 Å². The van der Waals surface area contributed by atoms with Crippen molar-refractivity contribution in [3.05, 3.63) is 41.6 Å². The zero-order valence-electron chi connectivity index (χ0n) is 17.8. The number of esters is 1. The number of hydrogen-bond acceptors (Lipinski definition) is 6. The smallest absolute Gasteiger partial charge is 0.339 e. The molecule has 1 aromatic carbocycles. The third-order valence-corrected chi connectivity index (χ3v) is 7.20. The second-order valence-electron chi connectivity index (χ2n) is 8.00. The van der Waals surface area contributed by atoms with E-state index in [1.807, 2.05) is 32.0 Å². The van der Waals surface area contributed by atoms with E-state index in [9.17, 15) is 18.0 Å². The monoisotopic (exact) mass is 432 g/mol. The number of amides is 1. The summed E-state index contributed by atoms with van der Waals surface area (Å²) >= 11 is 0. The van der Waals surface area contributed by atoms with Gasteiger partial charge in [-0.15, -0.1) is 0 Å². The molecule has 30 heavy (non-hydrogen) atoms. The van der Waals surface area contributed by atoms with Crippen molar-refractivity contribution in [2.45, 2.75) is 52.2 Å². The van der Waals surface area contributed by atoms with E-state index in [2.05, 4.69) is 4.98 Å². The Bertz CT molecular complexity index is 1060. The number of pyridine rings is 1. The van der Waals surface area contributed by atoms with Gasteiger partial charge in [0.1, 0.15) is 0 Å². The number of sulfone groups is 1. The minimum atomic E-state index is -3.12. The summed E-state index contributed by atoms with van der Waals surface area (Å²) in [6, 6.07) is 8.67. The molecular formula is C22H28N2O5S. The molecule has 0 aliphatic carbocycles. The lowest BCUT2D eigenvalue weighted by molar-refractivity contribution is -0.141. The molecule has 1 fully saturated rings. The summed E-state index contributed by atoms with van der Waals surface area (Å²) in [5.41, 5.74) is 1.84. The highest BCUT2D eigenvalue weighted by atomic mass is 32.2. The number of carbonyl (C=O) groups is 2. The van der Waals surface area contributed by atoms with E-state index in [0.29, 0.717) is 29.4 Å². The summed E-state index contributed by atoms with van der Waals surface area (Å²) in [5, 5.41) is 0.667. The van der Waals surface area contributed by atoms with E-state index in [0.717, 1.165) is 5.69 Å². The van der Waals surface area contributed by atoms with E-state index in [1.54, 1.807) is 19.1 Å². The average molecular weight is 433 g/mol. The molecule has 1 aromatic heterocycles. The van der Waals surface area contributed by atoms with Crippen LogP contribution in [-0.2, 0) is 19.4 Å². The Balaban J connectivity index is 1.82. The molecule has 0 spiro atoms. The van der Waals surface area contributed by atoms with Crippen LogP contribution >= 0.6 is 0 Å². The van der Waals surface area contributed by atoms with Crippen molar-refractivity contribution in [3.63, 3.8) is 0 Å². The predicted octanol–water partition coefficient (Wildman–Crippen LogP) is 2.94. The SMILES string of the molecule is CCN(C(=O)C(C)OC(=O)c1cc(C(C)C)nc2ccccc12)C1CCS(=O)(=O)C1. The van der Waals surface area contributed by atoms with Crippen molar-refractivity contribution in [1.82, 2.24) is 9.88 Å². The van der Waals surface area contributed by atoms with Crippen LogP contribution in [0.1, 0.15) is 56.1 Å². The number of hydrogen-bond donors (Lipinski definition) is 0. The zero-order chi connectivity index (χ0) is 22.1. The third-order valence-electron chi connectivity index (χ3n) is 5.45. The Hall–Kier alpha value is -2.48. The molecule has 2 aromatic rings. The largest absolute Gasteiger partial charge is 0.449 e. The molecule has 1 aliphatic heterocycles. The van der Waals surface area contributed by atoms with Crippen LogP contribution in [0.3, 0.4) is 0 Å². The molecule has 2 atom stereocenters. The summed E-state index contributed by atoms with van der Waals surface area (Å²) < 4.78 is 29.1. The Kier molecular flexibility index (Phi) is 6.45. The molecule has 0 saturated carbocycles. The molecule has 2 heterocycles. The van der Waals surface area contributed by atoms with Crippen molar-refractivity contribution in [2.75, 3.05) is 18.1 Å². The van der Waals surface area contributed by atoms with Crippen LogP contribution in [0, 0.1) is 0 Å². The standard InChI is InChI=1S/C22H28N2O5S/c1-5-24(16-10-11-30(27,28)13-16)21(25)15(4)29-22(26)18-12-20(14(2)3)23-19-9-7-6-8-17(18)19/h6-9,12,14-16H,5,10-11,13H2,1-4H3. The first-order chi connectivity index (χ1) is 14.1. The van der Waals surface area contributed by atoms with Crippen LogP contribution in [-0.4, -0.2) is 60.4 Å². The van der Waals surface area contributed by atoms with Crippen LogP contribution < -0.4 is 0 Å². The quantitative estimate of drug-likeness (QED) is 0.652. The Morgan fingerprint density at radius 2 is 1.93 bits per heavy atom.